The van der Waals surface area contributed by atoms with Gasteiger partial charge in [-0.15, -0.1) is 0 Å². The number of Topliss-reactive ketones (excluding diaryl/α,β-unsaturated/α-hetero) is 1. The predicted molar refractivity (Wildman–Crippen MR) is 102 cm³/mol. The average Bonchev–Trinajstić information content (AvgIpc) is 2.99. The zero-order chi connectivity index (χ0) is 24.0. The highest BCUT2D eigenvalue weighted by Crippen LogP contribution is 2.54. The number of rotatable bonds is 4. The number of ether oxygens (including phenoxy) is 1. The number of alkyl halides is 3. The maximum absolute atomic E-state index is 14.0. The quantitative estimate of drug-likeness (QED) is 0.526. The van der Waals surface area contributed by atoms with Crippen LogP contribution in [0.5, 0.6) is 5.75 Å². The van der Waals surface area contributed by atoms with Gasteiger partial charge in [-0.1, -0.05) is 13.0 Å². The van der Waals surface area contributed by atoms with Gasteiger partial charge in [0, 0.05) is 36.2 Å². The molecule has 4 atom stereocenters. The van der Waals surface area contributed by atoms with E-state index in [0.717, 1.165) is 19.9 Å². The van der Waals surface area contributed by atoms with Crippen molar-refractivity contribution < 1.29 is 41.4 Å². The molecule has 1 amide bonds. The molecule has 2 heterocycles. The number of carbonyl (C=O) groups is 2. The highest BCUT2D eigenvalue weighted by Gasteiger charge is 2.65. The zero-order valence-electron chi connectivity index (χ0n) is 17.1. The fourth-order valence-electron chi connectivity index (χ4n) is 3.76. The number of hydrogen-bond acceptors (Lipinski definition) is 5. The average molecular weight is 458 g/mol. The third-order valence-electron chi connectivity index (χ3n) is 5.77. The number of amides is 1. The molecular formula is C21H19F5N2O4. The van der Waals surface area contributed by atoms with Crippen LogP contribution in [0, 0.1) is 17.6 Å². The van der Waals surface area contributed by atoms with E-state index < -0.39 is 64.4 Å². The Kier molecular flexibility index (Phi) is 5.98. The van der Waals surface area contributed by atoms with Crippen LogP contribution in [-0.2, 0) is 9.53 Å². The number of halogens is 5. The fourth-order valence-corrected chi connectivity index (χ4v) is 3.76. The first-order valence-electron chi connectivity index (χ1n) is 9.47. The SMILES string of the molecule is CC(=O)c1cc(NC(=O)[C@@H]2O[C@](C)(C(F)(F)F)[C@H](C)[C@H]2c2ccc(F)c(F)c2O)ccn1. The number of carbonyl (C=O) groups excluding carboxylic acids is 2. The third-order valence-corrected chi connectivity index (χ3v) is 5.77. The summed E-state index contributed by atoms with van der Waals surface area (Å²) in [5.74, 6) is -8.59. The van der Waals surface area contributed by atoms with Gasteiger partial charge in [-0.2, -0.15) is 17.6 Å². The molecule has 0 radical (unpaired) electrons. The number of anilines is 1. The van der Waals surface area contributed by atoms with E-state index in [1.54, 1.807) is 0 Å². The van der Waals surface area contributed by atoms with E-state index >= 15 is 0 Å². The minimum absolute atomic E-state index is 0.0124. The molecule has 0 saturated carbocycles. The van der Waals surface area contributed by atoms with Crippen LogP contribution < -0.4 is 5.32 Å². The van der Waals surface area contributed by atoms with Crippen LogP contribution in [0.15, 0.2) is 30.5 Å². The summed E-state index contributed by atoms with van der Waals surface area (Å²) >= 11 is 0. The maximum atomic E-state index is 14.0. The van der Waals surface area contributed by atoms with Gasteiger partial charge in [0.25, 0.3) is 5.91 Å². The van der Waals surface area contributed by atoms with E-state index in [1.165, 1.54) is 25.3 Å². The molecule has 2 aromatic rings. The summed E-state index contributed by atoms with van der Waals surface area (Å²) < 4.78 is 74.1. The predicted octanol–water partition coefficient (Wildman–Crippen LogP) is 4.35. The summed E-state index contributed by atoms with van der Waals surface area (Å²) in [5.41, 5.74) is -3.14. The summed E-state index contributed by atoms with van der Waals surface area (Å²) in [6.07, 6.45) is -5.50. The third kappa shape index (κ3) is 3.92. The number of hydrogen-bond donors (Lipinski definition) is 2. The summed E-state index contributed by atoms with van der Waals surface area (Å²) in [6.45, 7) is 3.13. The molecule has 3 rings (SSSR count). The second-order valence-electron chi connectivity index (χ2n) is 7.73. The number of phenolic OH excluding ortho intramolecular Hbond substituents is 1. The lowest BCUT2D eigenvalue weighted by molar-refractivity contribution is -0.272. The standard InChI is InChI=1S/C21H19F5N2O4/c1-9-15(12-4-5-13(22)16(23)17(12)30)18(32-20(9,3)21(24,25)26)19(31)28-11-6-7-27-14(8-11)10(2)29/h4-9,15,18,30H,1-3H3,(H,27,28,31)/t9-,15+,18-,20+/m1/s1. The number of nitrogens with one attached hydrogen (secondary N) is 1. The minimum atomic E-state index is -4.91. The lowest BCUT2D eigenvalue weighted by Gasteiger charge is -2.31. The molecule has 32 heavy (non-hydrogen) atoms. The van der Waals surface area contributed by atoms with Crippen LogP contribution in [0.25, 0.3) is 0 Å². The minimum Gasteiger partial charge on any atom is -0.505 e. The largest absolute Gasteiger partial charge is 0.505 e. The Morgan fingerprint density at radius 1 is 1.22 bits per heavy atom. The van der Waals surface area contributed by atoms with Crippen LogP contribution in [-0.4, -0.2) is 39.7 Å². The Hall–Kier alpha value is -3.08. The van der Waals surface area contributed by atoms with Crippen LogP contribution >= 0.6 is 0 Å². The molecule has 2 N–H and O–H groups in total. The zero-order valence-corrected chi connectivity index (χ0v) is 17.1. The molecule has 1 aromatic carbocycles. The molecule has 172 valence electrons. The number of phenols is 1. The van der Waals surface area contributed by atoms with Crippen molar-refractivity contribution in [3.05, 3.63) is 53.4 Å². The Labute approximate surface area is 179 Å². The van der Waals surface area contributed by atoms with Gasteiger partial charge in [-0.3, -0.25) is 14.6 Å². The van der Waals surface area contributed by atoms with Gasteiger partial charge in [0.1, 0.15) is 11.8 Å². The van der Waals surface area contributed by atoms with Gasteiger partial charge in [-0.05, 0) is 25.1 Å². The molecule has 6 nitrogen and oxygen atoms in total. The van der Waals surface area contributed by atoms with Gasteiger partial charge in [0.2, 0.25) is 5.82 Å². The molecule has 1 fully saturated rings. The molecule has 1 aliphatic rings. The van der Waals surface area contributed by atoms with Crippen molar-refractivity contribution in [1.29, 1.82) is 0 Å². The molecular weight excluding hydrogens is 439 g/mol. The molecule has 1 aromatic heterocycles. The van der Waals surface area contributed by atoms with E-state index in [2.05, 4.69) is 10.3 Å². The Bertz CT molecular complexity index is 1070. The second-order valence-corrected chi connectivity index (χ2v) is 7.73. The highest BCUT2D eigenvalue weighted by atomic mass is 19.4. The normalized spacial score (nSPS) is 25.6. The van der Waals surface area contributed by atoms with Crippen molar-refractivity contribution in [3.63, 3.8) is 0 Å². The number of pyridine rings is 1. The lowest BCUT2D eigenvalue weighted by Crippen LogP contribution is -2.47. The van der Waals surface area contributed by atoms with Gasteiger partial charge < -0.3 is 15.2 Å². The van der Waals surface area contributed by atoms with E-state index in [4.69, 9.17) is 4.74 Å². The molecule has 0 aliphatic carbocycles. The number of benzene rings is 1. The van der Waals surface area contributed by atoms with Crippen molar-refractivity contribution in [3.8, 4) is 5.75 Å². The Morgan fingerprint density at radius 2 is 1.88 bits per heavy atom. The van der Waals surface area contributed by atoms with Crippen LogP contribution in [0.4, 0.5) is 27.6 Å². The van der Waals surface area contributed by atoms with Crippen LogP contribution in [0.3, 0.4) is 0 Å². The first-order chi connectivity index (χ1) is 14.8. The molecule has 1 saturated heterocycles. The van der Waals surface area contributed by atoms with Gasteiger partial charge >= 0.3 is 6.18 Å². The highest BCUT2D eigenvalue weighted by molar-refractivity contribution is 5.97. The smallest absolute Gasteiger partial charge is 0.417 e. The van der Waals surface area contributed by atoms with Crippen LogP contribution in [0.1, 0.15) is 42.7 Å². The van der Waals surface area contributed by atoms with Gasteiger partial charge in [-0.25, -0.2) is 4.39 Å². The Balaban J connectivity index is 2.05. The first-order valence-corrected chi connectivity index (χ1v) is 9.47. The summed E-state index contributed by atoms with van der Waals surface area (Å²) in [4.78, 5) is 28.3. The molecule has 11 heteroatoms. The monoisotopic (exact) mass is 458 g/mol. The summed E-state index contributed by atoms with van der Waals surface area (Å²) in [5, 5.41) is 12.4. The van der Waals surface area contributed by atoms with E-state index in [-0.39, 0.29) is 11.4 Å². The number of ketones is 1. The van der Waals surface area contributed by atoms with Crippen molar-refractivity contribution in [1.82, 2.24) is 4.98 Å². The van der Waals surface area contributed by atoms with E-state index in [0.29, 0.717) is 6.07 Å². The molecule has 0 spiro atoms. The number of aromatic nitrogens is 1. The van der Waals surface area contributed by atoms with Crippen molar-refractivity contribution >= 4 is 17.4 Å². The van der Waals surface area contributed by atoms with E-state index in [9.17, 15) is 36.6 Å². The molecule has 1 aliphatic heterocycles. The maximum Gasteiger partial charge on any atom is 0.417 e. The molecule has 0 unspecified atom stereocenters. The summed E-state index contributed by atoms with van der Waals surface area (Å²) in [7, 11) is 0. The lowest BCUT2D eigenvalue weighted by atomic mass is 9.77. The van der Waals surface area contributed by atoms with Crippen molar-refractivity contribution in [2.75, 3.05) is 5.32 Å². The molecule has 0 bridgehead atoms. The number of aromatic hydroxyl groups is 1. The van der Waals surface area contributed by atoms with Gasteiger partial charge in [0.15, 0.2) is 23.0 Å². The topological polar surface area (TPSA) is 88.5 Å². The summed E-state index contributed by atoms with van der Waals surface area (Å²) in [6, 6.07) is 4.11. The van der Waals surface area contributed by atoms with Gasteiger partial charge in [0.05, 0.1) is 0 Å². The Morgan fingerprint density at radius 3 is 2.47 bits per heavy atom. The van der Waals surface area contributed by atoms with Crippen molar-refractivity contribution in [2.24, 2.45) is 5.92 Å². The fraction of sp³-hybridized carbons (Fsp3) is 0.381. The first kappa shape index (κ1) is 23.6. The number of nitrogens with zero attached hydrogens (tertiary/aromatic N) is 1. The van der Waals surface area contributed by atoms with E-state index in [1.807, 2.05) is 0 Å². The second kappa shape index (κ2) is 8.12. The van der Waals surface area contributed by atoms with Crippen molar-refractivity contribution in [2.45, 2.75) is 44.6 Å². The van der Waals surface area contributed by atoms with Crippen LogP contribution in [0.2, 0.25) is 0 Å².